The summed E-state index contributed by atoms with van der Waals surface area (Å²) in [6.45, 7) is 4.26. The number of piperazine rings is 1. The summed E-state index contributed by atoms with van der Waals surface area (Å²) in [6, 6.07) is 2.05. The Morgan fingerprint density at radius 2 is 2.24 bits per heavy atom. The van der Waals surface area contributed by atoms with Crippen molar-refractivity contribution in [2.45, 2.75) is 25.8 Å². The van der Waals surface area contributed by atoms with Crippen LogP contribution in [0.3, 0.4) is 0 Å². The first kappa shape index (κ1) is 12.1. The molecular formula is C12H16N2O2S. The molecule has 0 aliphatic carbocycles. The predicted octanol–water partition coefficient (Wildman–Crippen LogP) is 1.03. The molecule has 0 unspecified atom stereocenters. The molecule has 1 aromatic heterocycles. The third-order valence-corrected chi connectivity index (χ3v) is 3.59. The predicted molar refractivity (Wildman–Crippen MR) is 66.8 cm³/mol. The van der Waals surface area contributed by atoms with Crippen molar-refractivity contribution in [2.24, 2.45) is 0 Å². The monoisotopic (exact) mass is 252 g/mol. The maximum atomic E-state index is 12.1. The van der Waals surface area contributed by atoms with E-state index in [1.807, 2.05) is 11.4 Å². The molecule has 1 aromatic rings. The van der Waals surface area contributed by atoms with Gasteiger partial charge in [-0.15, -0.1) is 0 Å². The van der Waals surface area contributed by atoms with Crippen LogP contribution in [0.4, 0.5) is 0 Å². The molecule has 2 heterocycles. The van der Waals surface area contributed by atoms with Gasteiger partial charge in [0.25, 0.3) is 0 Å². The van der Waals surface area contributed by atoms with Gasteiger partial charge in [-0.2, -0.15) is 11.3 Å². The second kappa shape index (κ2) is 4.49. The molecule has 0 saturated carbocycles. The van der Waals surface area contributed by atoms with Crippen LogP contribution in [0.15, 0.2) is 16.8 Å². The molecule has 1 fully saturated rings. The molecule has 5 heteroatoms. The highest BCUT2D eigenvalue weighted by Gasteiger charge is 2.38. The Bertz CT molecular complexity index is 426. The zero-order chi connectivity index (χ0) is 12.5. The van der Waals surface area contributed by atoms with Gasteiger partial charge in [0.1, 0.15) is 5.54 Å². The lowest BCUT2D eigenvalue weighted by Crippen LogP contribution is -2.63. The number of nitrogens with zero attached hydrogens (tertiary/aromatic N) is 1. The minimum Gasteiger partial charge on any atom is -0.341 e. The number of hydrogen-bond donors (Lipinski definition) is 1. The zero-order valence-corrected chi connectivity index (χ0v) is 10.8. The molecule has 1 aliphatic heterocycles. The highest BCUT2D eigenvalue weighted by Crippen LogP contribution is 2.14. The molecule has 17 heavy (non-hydrogen) atoms. The van der Waals surface area contributed by atoms with E-state index in [1.165, 1.54) is 5.56 Å². The van der Waals surface area contributed by atoms with Crippen LogP contribution in [0.25, 0.3) is 0 Å². The van der Waals surface area contributed by atoms with Gasteiger partial charge in [-0.3, -0.25) is 9.59 Å². The van der Waals surface area contributed by atoms with Crippen molar-refractivity contribution in [1.82, 2.24) is 10.2 Å². The number of carbonyl (C=O) groups excluding carboxylic acids is 2. The molecule has 4 nitrogen and oxygen atoms in total. The van der Waals surface area contributed by atoms with Crippen molar-refractivity contribution in [1.29, 1.82) is 0 Å². The first-order valence-electron chi connectivity index (χ1n) is 5.60. The Labute approximate surface area is 105 Å². The summed E-state index contributed by atoms with van der Waals surface area (Å²) in [5.41, 5.74) is 0.441. The van der Waals surface area contributed by atoms with E-state index in [4.69, 9.17) is 0 Å². The SMILES string of the molecule is CC1(C)NC(=O)CN(CCc2ccsc2)C1=O. The van der Waals surface area contributed by atoms with Crippen molar-refractivity contribution in [3.05, 3.63) is 22.4 Å². The van der Waals surface area contributed by atoms with E-state index >= 15 is 0 Å². The molecule has 1 aliphatic rings. The minimum absolute atomic E-state index is 0.00710. The van der Waals surface area contributed by atoms with E-state index in [-0.39, 0.29) is 18.4 Å². The molecular weight excluding hydrogens is 236 g/mol. The topological polar surface area (TPSA) is 49.4 Å². The minimum atomic E-state index is -0.774. The van der Waals surface area contributed by atoms with Crippen molar-refractivity contribution in [3.63, 3.8) is 0 Å². The number of nitrogens with one attached hydrogen (secondary N) is 1. The molecule has 1 saturated heterocycles. The van der Waals surface area contributed by atoms with Crippen LogP contribution in [0.5, 0.6) is 0 Å². The number of carbonyl (C=O) groups is 2. The van der Waals surface area contributed by atoms with Crippen LogP contribution in [0, 0.1) is 0 Å². The van der Waals surface area contributed by atoms with Crippen LogP contribution in [-0.4, -0.2) is 35.3 Å². The largest absolute Gasteiger partial charge is 0.341 e. The molecule has 92 valence electrons. The summed E-state index contributed by atoms with van der Waals surface area (Å²) in [5.74, 6) is -0.0905. The van der Waals surface area contributed by atoms with Crippen LogP contribution in [-0.2, 0) is 16.0 Å². The fraction of sp³-hybridized carbons (Fsp3) is 0.500. The highest BCUT2D eigenvalue weighted by molar-refractivity contribution is 7.07. The van der Waals surface area contributed by atoms with Crippen molar-refractivity contribution < 1.29 is 9.59 Å². The Morgan fingerprint density at radius 1 is 1.47 bits per heavy atom. The Morgan fingerprint density at radius 3 is 2.88 bits per heavy atom. The maximum absolute atomic E-state index is 12.1. The fourth-order valence-corrected chi connectivity index (χ4v) is 2.66. The van der Waals surface area contributed by atoms with E-state index in [0.29, 0.717) is 6.54 Å². The van der Waals surface area contributed by atoms with Gasteiger partial charge in [0.2, 0.25) is 11.8 Å². The van der Waals surface area contributed by atoms with Gasteiger partial charge in [0.15, 0.2) is 0 Å². The summed E-state index contributed by atoms with van der Waals surface area (Å²) >= 11 is 1.64. The van der Waals surface area contributed by atoms with Crippen LogP contribution < -0.4 is 5.32 Å². The highest BCUT2D eigenvalue weighted by atomic mass is 32.1. The summed E-state index contributed by atoms with van der Waals surface area (Å²) in [4.78, 5) is 25.2. The lowest BCUT2D eigenvalue weighted by Gasteiger charge is -2.37. The summed E-state index contributed by atoms with van der Waals surface area (Å²) in [7, 11) is 0. The van der Waals surface area contributed by atoms with E-state index in [1.54, 1.807) is 30.1 Å². The van der Waals surface area contributed by atoms with Crippen LogP contribution >= 0.6 is 11.3 Å². The number of thiophene rings is 1. The third kappa shape index (κ3) is 2.66. The average Bonchev–Trinajstić information content (AvgIpc) is 2.73. The van der Waals surface area contributed by atoms with Gasteiger partial charge < -0.3 is 10.2 Å². The van der Waals surface area contributed by atoms with Gasteiger partial charge in [0.05, 0.1) is 6.54 Å². The fourth-order valence-electron chi connectivity index (χ4n) is 1.96. The van der Waals surface area contributed by atoms with E-state index < -0.39 is 5.54 Å². The quantitative estimate of drug-likeness (QED) is 0.873. The molecule has 0 bridgehead atoms. The number of amides is 2. The average molecular weight is 252 g/mol. The third-order valence-electron chi connectivity index (χ3n) is 2.86. The molecule has 2 amide bonds. The Balaban J connectivity index is 2.00. The van der Waals surface area contributed by atoms with Crippen LogP contribution in [0.2, 0.25) is 0 Å². The van der Waals surface area contributed by atoms with Crippen molar-refractivity contribution in [3.8, 4) is 0 Å². The van der Waals surface area contributed by atoms with Gasteiger partial charge >= 0.3 is 0 Å². The molecule has 0 radical (unpaired) electrons. The zero-order valence-electron chi connectivity index (χ0n) is 10.0. The summed E-state index contributed by atoms with van der Waals surface area (Å²) in [5, 5.41) is 6.79. The normalized spacial score (nSPS) is 19.3. The van der Waals surface area contributed by atoms with Gasteiger partial charge in [0, 0.05) is 6.54 Å². The second-order valence-corrected chi connectivity index (χ2v) is 5.56. The number of rotatable bonds is 3. The smallest absolute Gasteiger partial charge is 0.248 e. The maximum Gasteiger partial charge on any atom is 0.248 e. The first-order chi connectivity index (χ1) is 7.99. The molecule has 0 spiro atoms. The second-order valence-electron chi connectivity index (χ2n) is 4.78. The van der Waals surface area contributed by atoms with E-state index in [9.17, 15) is 9.59 Å². The number of hydrogen-bond acceptors (Lipinski definition) is 3. The molecule has 2 rings (SSSR count). The molecule has 0 aromatic carbocycles. The van der Waals surface area contributed by atoms with Crippen molar-refractivity contribution in [2.75, 3.05) is 13.1 Å². The van der Waals surface area contributed by atoms with Crippen LogP contribution in [0.1, 0.15) is 19.4 Å². The van der Waals surface area contributed by atoms with Gasteiger partial charge in [-0.05, 0) is 42.7 Å². The lowest BCUT2D eigenvalue weighted by atomic mass is 10.00. The van der Waals surface area contributed by atoms with Crippen molar-refractivity contribution >= 4 is 23.2 Å². The van der Waals surface area contributed by atoms with E-state index in [0.717, 1.165) is 6.42 Å². The Kier molecular flexibility index (Phi) is 3.19. The lowest BCUT2D eigenvalue weighted by molar-refractivity contribution is -0.148. The summed E-state index contributed by atoms with van der Waals surface area (Å²) in [6.07, 6.45) is 0.804. The molecule has 0 atom stereocenters. The first-order valence-corrected chi connectivity index (χ1v) is 6.55. The van der Waals surface area contributed by atoms with Gasteiger partial charge in [-0.25, -0.2) is 0 Å². The molecule has 1 N–H and O–H groups in total. The van der Waals surface area contributed by atoms with Gasteiger partial charge in [-0.1, -0.05) is 0 Å². The summed E-state index contributed by atoms with van der Waals surface area (Å²) < 4.78 is 0. The standard InChI is InChI=1S/C12H16N2O2S/c1-12(2)11(16)14(7-10(15)13-12)5-3-9-4-6-17-8-9/h4,6,8H,3,5,7H2,1-2H3,(H,13,15). The Hall–Kier alpha value is -1.36. The van der Waals surface area contributed by atoms with E-state index in [2.05, 4.69) is 10.7 Å².